The van der Waals surface area contributed by atoms with Gasteiger partial charge in [0.2, 0.25) is 12.5 Å². The Kier molecular flexibility index (Phi) is 7.92. The van der Waals surface area contributed by atoms with E-state index in [1.165, 1.54) is 26.4 Å². The van der Waals surface area contributed by atoms with Crippen molar-refractivity contribution in [2.24, 2.45) is 11.8 Å². The van der Waals surface area contributed by atoms with Crippen molar-refractivity contribution in [3.63, 3.8) is 0 Å². The fraction of sp³-hybridized carbons (Fsp3) is 0.552. The molecule has 46 heavy (non-hydrogen) atoms. The number of hydrogen-bond acceptors (Lipinski definition) is 15. The molecule has 4 heterocycles. The second-order valence-corrected chi connectivity index (χ2v) is 12.5. The molecule has 0 aromatic heterocycles. The quantitative estimate of drug-likeness (QED) is 0.276. The van der Waals surface area contributed by atoms with Gasteiger partial charge >= 0.3 is 16.4 Å². The highest BCUT2D eigenvalue weighted by molar-refractivity contribution is 7.81. The normalized spacial score (nSPS) is 34.6. The number of carbonyl (C=O) groups excluding carboxylic acids is 1. The van der Waals surface area contributed by atoms with Crippen LogP contribution in [0, 0.1) is 11.8 Å². The predicted molar refractivity (Wildman–Crippen MR) is 149 cm³/mol. The zero-order chi connectivity index (χ0) is 32.5. The standard InChI is InChI=1S/C29H32O16S/c1-11-38-9-20-27(42-11)23(30)24(31)29(43-20)44-25-14-7-17-16(40-10-41-17)6-13(14)21(22-15(25)8-39-28(22)32)12-4-18(36-2)26(19(5-12)37-3)45-46(33,34)35/h4-7,11,15,20-25,27,29-31H,8-10H2,1-3H3,(H,33,34,35)/t11-,15+,20-,21-,22+,23-,24-,25-,27-,29+/m1/s1. The van der Waals surface area contributed by atoms with Gasteiger partial charge < -0.3 is 57.0 Å². The number of aliphatic hydroxyl groups is 2. The Labute approximate surface area is 262 Å². The molecule has 5 aliphatic rings. The number of esters is 1. The molecule has 10 atom stereocenters. The van der Waals surface area contributed by atoms with E-state index in [2.05, 4.69) is 0 Å². The average Bonchev–Trinajstić information content (AvgIpc) is 3.64. The van der Waals surface area contributed by atoms with Gasteiger partial charge in [-0.25, -0.2) is 0 Å². The van der Waals surface area contributed by atoms with Crippen LogP contribution in [0.25, 0.3) is 0 Å². The summed E-state index contributed by atoms with van der Waals surface area (Å²) >= 11 is 0. The smallest absolute Gasteiger partial charge is 0.446 e. The molecule has 3 saturated heterocycles. The largest absolute Gasteiger partial charge is 0.493 e. The first kappa shape index (κ1) is 31.2. The van der Waals surface area contributed by atoms with E-state index in [9.17, 15) is 28.0 Å². The molecule has 2 aromatic rings. The first-order chi connectivity index (χ1) is 22.0. The van der Waals surface area contributed by atoms with Crippen LogP contribution in [-0.4, -0.2) is 100 Å². The molecule has 0 bridgehead atoms. The highest BCUT2D eigenvalue weighted by Gasteiger charge is 2.56. The zero-order valence-corrected chi connectivity index (χ0v) is 25.6. The lowest BCUT2D eigenvalue weighted by Gasteiger charge is -2.47. The van der Waals surface area contributed by atoms with Gasteiger partial charge in [0.25, 0.3) is 0 Å². The van der Waals surface area contributed by atoms with Gasteiger partial charge in [-0.1, -0.05) is 0 Å². The monoisotopic (exact) mass is 668 g/mol. The molecule has 3 fully saturated rings. The molecular formula is C29H32O16S. The van der Waals surface area contributed by atoms with Crippen molar-refractivity contribution < 1.29 is 74.8 Å². The summed E-state index contributed by atoms with van der Waals surface area (Å²) in [5.41, 5.74) is 1.60. The van der Waals surface area contributed by atoms with Gasteiger partial charge in [0.1, 0.15) is 24.4 Å². The molecule has 0 saturated carbocycles. The van der Waals surface area contributed by atoms with E-state index < -0.39 is 83.0 Å². The van der Waals surface area contributed by atoms with E-state index in [1.54, 1.807) is 19.1 Å². The highest BCUT2D eigenvalue weighted by atomic mass is 32.3. The third-order valence-corrected chi connectivity index (χ3v) is 9.29. The number of benzene rings is 2. The van der Waals surface area contributed by atoms with Gasteiger partial charge in [0, 0.05) is 11.8 Å². The minimum Gasteiger partial charge on any atom is -0.493 e. The van der Waals surface area contributed by atoms with Crippen molar-refractivity contribution in [1.29, 1.82) is 0 Å². The van der Waals surface area contributed by atoms with Gasteiger partial charge in [-0.2, -0.15) is 8.42 Å². The molecule has 0 unspecified atom stereocenters. The lowest BCUT2D eigenvalue weighted by atomic mass is 9.66. The summed E-state index contributed by atoms with van der Waals surface area (Å²) in [5.74, 6) is -2.49. The van der Waals surface area contributed by atoms with Gasteiger partial charge in [-0.3, -0.25) is 9.35 Å². The maximum atomic E-state index is 13.5. The molecule has 17 heteroatoms. The number of rotatable bonds is 7. The molecule has 0 amide bonds. The van der Waals surface area contributed by atoms with Crippen LogP contribution in [-0.2, 0) is 38.9 Å². The van der Waals surface area contributed by atoms with Gasteiger partial charge in [0.05, 0.1) is 39.5 Å². The number of methoxy groups -OCH3 is 2. The number of carbonyl (C=O) groups is 1. The molecule has 0 radical (unpaired) electrons. The highest BCUT2D eigenvalue weighted by Crippen LogP contribution is 2.57. The number of hydrogen-bond donors (Lipinski definition) is 3. The fourth-order valence-electron chi connectivity index (χ4n) is 6.91. The summed E-state index contributed by atoms with van der Waals surface area (Å²) in [4.78, 5) is 13.5. The second kappa shape index (κ2) is 11.7. The third kappa shape index (κ3) is 5.29. The zero-order valence-electron chi connectivity index (χ0n) is 24.8. The Bertz CT molecular complexity index is 1600. The van der Waals surface area contributed by atoms with Crippen molar-refractivity contribution in [2.45, 2.75) is 55.9 Å². The number of ether oxygens (including phenoxy) is 9. The van der Waals surface area contributed by atoms with E-state index in [0.717, 1.165) is 0 Å². The van der Waals surface area contributed by atoms with Crippen molar-refractivity contribution in [2.75, 3.05) is 34.2 Å². The minimum atomic E-state index is -4.95. The van der Waals surface area contributed by atoms with Crippen molar-refractivity contribution in [3.8, 4) is 28.7 Å². The van der Waals surface area contributed by atoms with E-state index >= 15 is 0 Å². The van der Waals surface area contributed by atoms with Crippen molar-refractivity contribution >= 4 is 16.4 Å². The lowest BCUT2D eigenvalue weighted by molar-refractivity contribution is -0.364. The van der Waals surface area contributed by atoms with Gasteiger partial charge in [0.15, 0.2) is 35.6 Å². The first-order valence-corrected chi connectivity index (χ1v) is 15.8. The Morgan fingerprint density at radius 3 is 2.22 bits per heavy atom. The number of cyclic esters (lactones) is 1. The minimum absolute atomic E-state index is 0.0369. The predicted octanol–water partition coefficient (Wildman–Crippen LogP) is 0.815. The molecule has 250 valence electrons. The van der Waals surface area contributed by atoms with Crippen LogP contribution in [0.2, 0.25) is 0 Å². The molecule has 7 rings (SSSR count). The summed E-state index contributed by atoms with van der Waals surface area (Å²) < 4.78 is 88.7. The summed E-state index contributed by atoms with van der Waals surface area (Å²) in [6.07, 6.45) is -7.22. The van der Waals surface area contributed by atoms with Crippen molar-refractivity contribution in [1.82, 2.24) is 0 Å². The van der Waals surface area contributed by atoms with Gasteiger partial charge in [-0.15, -0.1) is 0 Å². The van der Waals surface area contributed by atoms with E-state index in [1.807, 2.05) is 0 Å². The summed E-state index contributed by atoms with van der Waals surface area (Å²) in [7, 11) is -2.40. The molecule has 3 N–H and O–H groups in total. The van der Waals surface area contributed by atoms with E-state index in [-0.39, 0.29) is 31.5 Å². The van der Waals surface area contributed by atoms with Crippen LogP contribution in [0.15, 0.2) is 24.3 Å². The first-order valence-electron chi connectivity index (χ1n) is 14.4. The number of fused-ring (bicyclic) bond motifs is 4. The van der Waals surface area contributed by atoms with E-state index in [4.69, 9.17) is 46.8 Å². The average molecular weight is 669 g/mol. The maximum absolute atomic E-state index is 13.5. The second-order valence-electron chi connectivity index (χ2n) is 11.5. The van der Waals surface area contributed by atoms with Crippen molar-refractivity contribution in [3.05, 3.63) is 41.0 Å². The summed E-state index contributed by atoms with van der Waals surface area (Å²) in [5, 5.41) is 22.0. The molecule has 2 aromatic carbocycles. The topological polar surface area (TPSA) is 204 Å². The van der Waals surface area contributed by atoms with Crippen LogP contribution in [0.4, 0.5) is 0 Å². The molecule has 4 aliphatic heterocycles. The Balaban J connectivity index is 1.32. The van der Waals surface area contributed by atoms with E-state index in [0.29, 0.717) is 28.2 Å². The third-order valence-electron chi connectivity index (χ3n) is 8.92. The summed E-state index contributed by atoms with van der Waals surface area (Å²) in [6.45, 7) is 1.70. The van der Waals surface area contributed by atoms with Crippen LogP contribution in [0.3, 0.4) is 0 Å². The maximum Gasteiger partial charge on any atom is 0.446 e. The van der Waals surface area contributed by atoms with Crippen LogP contribution in [0.5, 0.6) is 28.7 Å². The summed E-state index contributed by atoms with van der Waals surface area (Å²) in [6, 6.07) is 6.39. The van der Waals surface area contributed by atoms with Crippen LogP contribution < -0.4 is 23.1 Å². The molecule has 16 nitrogen and oxygen atoms in total. The number of aliphatic hydroxyl groups excluding tert-OH is 2. The molecule has 0 spiro atoms. The fourth-order valence-corrected chi connectivity index (χ4v) is 7.28. The van der Waals surface area contributed by atoms with Crippen LogP contribution >= 0.6 is 0 Å². The SMILES string of the molecule is COc1cc([C@@H]2c3cc4c(cc3[C@@H](O[C@@H]3O[C@@H]5CO[C@@H](C)O[C@H]5[C@H](O)[C@H]3O)[C@H]3COC(=O)[C@H]23)OCO4)cc(OC)c1OS(=O)(=O)O. The van der Waals surface area contributed by atoms with Crippen LogP contribution in [0.1, 0.15) is 35.6 Å². The Morgan fingerprint density at radius 2 is 1.57 bits per heavy atom. The Hall–Kier alpha value is -3.42. The van der Waals surface area contributed by atoms with Gasteiger partial charge in [-0.05, 0) is 47.9 Å². The Morgan fingerprint density at radius 1 is 0.891 bits per heavy atom. The molecular weight excluding hydrogens is 636 g/mol. The lowest BCUT2D eigenvalue weighted by Crippen LogP contribution is -2.63. The molecule has 1 aliphatic carbocycles.